The van der Waals surface area contributed by atoms with Crippen molar-refractivity contribution in [2.45, 2.75) is 39.6 Å². The van der Waals surface area contributed by atoms with Crippen molar-refractivity contribution in [3.63, 3.8) is 0 Å². The quantitative estimate of drug-likeness (QED) is 0.741. The van der Waals surface area contributed by atoms with Crippen molar-refractivity contribution in [2.24, 2.45) is 5.92 Å². The van der Waals surface area contributed by atoms with E-state index in [2.05, 4.69) is 36.4 Å². The lowest BCUT2D eigenvalue weighted by Gasteiger charge is -2.10. The van der Waals surface area contributed by atoms with E-state index >= 15 is 0 Å². The number of halogens is 1. The van der Waals surface area contributed by atoms with Crippen LogP contribution in [0.5, 0.6) is 5.75 Å². The summed E-state index contributed by atoms with van der Waals surface area (Å²) in [6.45, 7) is 8.13. The number of rotatable bonds is 6. The summed E-state index contributed by atoms with van der Waals surface area (Å²) < 4.78 is 7.97. The highest BCUT2D eigenvalue weighted by Crippen LogP contribution is 2.27. The molecule has 0 atom stereocenters. The van der Waals surface area contributed by atoms with Gasteiger partial charge in [0, 0.05) is 6.54 Å². The summed E-state index contributed by atoms with van der Waals surface area (Å²) in [5, 5.41) is 0. The average molecular weight is 281 g/mol. The Kier molecular flexibility index (Phi) is 4.70. The normalized spacial score (nSPS) is 11.4. The van der Waals surface area contributed by atoms with Gasteiger partial charge in [-0.15, -0.1) is 11.6 Å². The molecule has 0 unspecified atom stereocenters. The lowest BCUT2D eigenvalue weighted by molar-refractivity contribution is 0.320. The van der Waals surface area contributed by atoms with E-state index in [-0.39, 0.29) is 0 Å². The largest absolute Gasteiger partial charge is 0.491 e. The first kappa shape index (κ1) is 14.2. The minimum atomic E-state index is 0.425. The van der Waals surface area contributed by atoms with Crippen molar-refractivity contribution in [2.75, 3.05) is 6.61 Å². The fourth-order valence-corrected chi connectivity index (χ4v) is 2.37. The van der Waals surface area contributed by atoms with Gasteiger partial charge >= 0.3 is 0 Å². The van der Waals surface area contributed by atoms with Gasteiger partial charge in [0.2, 0.25) is 0 Å². The first-order chi connectivity index (χ1) is 9.17. The molecular weight excluding hydrogens is 260 g/mol. The van der Waals surface area contributed by atoms with Crippen LogP contribution in [0.15, 0.2) is 18.2 Å². The van der Waals surface area contributed by atoms with Gasteiger partial charge in [-0.05, 0) is 24.5 Å². The molecule has 4 heteroatoms. The molecule has 2 aromatic rings. The topological polar surface area (TPSA) is 27.1 Å². The maximum absolute atomic E-state index is 6.02. The highest BCUT2D eigenvalue weighted by molar-refractivity contribution is 6.16. The van der Waals surface area contributed by atoms with Gasteiger partial charge in [0.05, 0.1) is 18.0 Å². The van der Waals surface area contributed by atoms with E-state index in [9.17, 15) is 0 Å². The smallest absolute Gasteiger partial charge is 0.147 e. The third kappa shape index (κ3) is 3.03. The van der Waals surface area contributed by atoms with Crippen LogP contribution in [0.4, 0.5) is 0 Å². The van der Waals surface area contributed by atoms with Crippen molar-refractivity contribution >= 4 is 22.6 Å². The average Bonchev–Trinajstić information content (AvgIpc) is 2.74. The number of aromatic nitrogens is 2. The Morgan fingerprint density at radius 2 is 2.16 bits per heavy atom. The molecule has 0 saturated heterocycles. The third-order valence-corrected chi connectivity index (χ3v) is 3.19. The number of nitrogens with zero attached hydrogens (tertiary/aromatic N) is 2. The fraction of sp³-hybridized carbons (Fsp3) is 0.533. The number of imidazole rings is 1. The summed E-state index contributed by atoms with van der Waals surface area (Å²) in [7, 11) is 0. The van der Waals surface area contributed by atoms with Crippen LogP contribution >= 0.6 is 11.6 Å². The molecule has 0 aliphatic carbocycles. The zero-order valence-corrected chi connectivity index (χ0v) is 12.6. The molecule has 104 valence electrons. The Balaban J connectivity index is 2.49. The SMILES string of the molecule is CCCOc1cccc2c1nc(CCl)n2CC(C)C. The zero-order chi connectivity index (χ0) is 13.8. The number of ether oxygens (including phenoxy) is 1. The highest BCUT2D eigenvalue weighted by atomic mass is 35.5. The van der Waals surface area contributed by atoms with Gasteiger partial charge < -0.3 is 9.30 Å². The molecule has 0 fully saturated rings. The Morgan fingerprint density at radius 1 is 1.37 bits per heavy atom. The number of hydrogen-bond acceptors (Lipinski definition) is 2. The number of benzene rings is 1. The Hall–Kier alpha value is -1.22. The van der Waals surface area contributed by atoms with E-state index in [0.29, 0.717) is 18.4 Å². The lowest BCUT2D eigenvalue weighted by atomic mass is 10.2. The van der Waals surface area contributed by atoms with Crippen LogP contribution in [0, 0.1) is 5.92 Å². The van der Waals surface area contributed by atoms with Crippen LogP contribution < -0.4 is 4.74 Å². The molecule has 0 aliphatic rings. The van der Waals surface area contributed by atoms with Gasteiger partial charge in [0.25, 0.3) is 0 Å². The minimum absolute atomic E-state index is 0.425. The van der Waals surface area contributed by atoms with Crippen molar-refractivity contribution in [1.82, 2.24) is 9.55 Å². The second-order valence-electron chi connectivity index (χ2n) is 5.14. The number of fused-ring (bicyclic) bond motifs is 1. The summed E-state index contributed by atoms with van der Waals surface area (Å²) in [6.07, 6.45) is 0.992. The maximum atomic E-state index is 6.02. The number of para-hydroxylation sites is 1. The Morgan fingerprint density at radius 3 is 2.79 bits per heavy atom. The molecule has 0 spiro atoms. The van der Waals surface area contributed by atoms with E-state index in [0.717, 1.165) is 35.6 Å². The van der Waals surface area contributed by atoms with Gasteiger partial charge in [-0.25, -0.2) is 4.98 Å². The predicted molar refractivity (Wildman–Crippen MR) is 79.9 cm³/mol. The summed E-state index contributed by atoms with van der Waals surface area (Å²) in [6, 6.07) is 6.08. The van der Waals surface area contributed by atoms with E-state index in [1.54, 1.807) is 0 Å². The summed E-state index contributed by atoms with van der Waals surface area (Å²) in [5.74, 6) is 2.75. The zero-order valence-electron chi connectivity index (χ0n) is 11.8. The number of hydrogen-bond donors (Lipinski definition) is 0. The van der Waals surface area contributed by atoms with Gasteiger partial charge in [-0.2, -0.15) is 0 Å². The van der Waals surface area contributed by atoms with E-state index in [4.69, 9.17) is 16.3 Å². The monoisotopic (exact) mass is 280 g/mol. The van der Waals surface area contributed by atoms with Crippen LogP contribution in [0.1, 0.15) is 33.0 Å². The van der Waals surface area contributed by atoms with Crippen molar-refractivity contribution in [3.8, 4) is 5.75 Å². The van der Waals surface area contributed by atoms with Gasteiger partial charge in [0.1, 0.15) is 17.1 Å². The molecule has 0 radical (unpaired) electrons. The Bertz CT molecular complexity index is 548. The van der Waals surface area contributed by atoms with Crippen LogP contribution in [-0.4, -0.2) is 16.2 Å². The van der Waals surface area contributed by atoms with Gasteiger partial charge in [-0.1, -0.05) is 26.8 Å². The molecule has 3 nitrogen and oxygen atoms in total. The molecule has 1 aromatic heterocycles. The van der Waals surface area contributed by atoms with Gasteiger partial charge in [-0.3, -0.25) is 0 Å². The molecule has 0 aliphatic heterocycles. The summed E-state index contributed by atoms with van der Waals surface area (Å²) in [5.41, 5.74) is 2.03. The molecule has 1 aromatic carbocycles. The van der Waals surface area contributed by atoms with Crippen molar-refractivity contribution in [1.29, 1.82) is 0 Å². The highest BCUT2D eigenvalue weighted by Gasteiger charge is 2.14. The second kappa shape index (κ2) is 6.29. The molecule has 0 amide bonds. The van der Waals surface area contributed by atoms with E-state index in [1.165, 1.54) is 0 Å². The van der Waals surface area contributed by atoms with Crippen LogP contribution in [0.2, 0.25) is 0 Å². The second-order valence-corrected chi connectivity index (χ2v) is 5.41. The van der Waals surface area contributed by atoms with Crippen LogP contribution in [-0.2, 0) is 12.4 Å². The predicted octanol–water partition coefficient (Wildman–Crippen LogP) is 4.22. The molecule has 0 N–H and O–H groups in total. The van der Waals surface area contributed by atoms with Crippen LogP contribution in [0.3, 0.4) is 0 Å². The first-order valence-electron chi connectivity index (χ1n) is 6.84. The van der Waals surface area contributed by atoms with Gasteiger partial charge in [0.15, 0.2) is 0 Å². The molecular formula is C15H21ClN2O. The lowest BCUT2D eigenvalue weighted by Crippen LogP contribution is -2.07. The summed E-state index contributed by atoms with van der Waals surface area (Å²) >= 11 is 6.02. The Labute approximate surface area is 119 Å². The summed E-state index contributed by atoms with van der Waals surface area (Å²) in [4.78, 5) is 4.64. The standard InChI is InChI=1S/C15H21ClN2O/c1-4-8-19-13-7-5-6-12-15(13)17-14(9-16)18(12)10-11(2)3/h5-7,11H,4,8-10H2,1-3H3. The van der Waals surface area contributed by atoms with E-state index < -0.39 is 0 Å². The fourth-order valence-electron chi connectivity index (χ4n) is 2.17. The molecule has 0 saturated carbocycles. The van der Waals surface area contributed by atoms with Crippen molar-refractivity contribution < 1.29 is 4.74 Å². The van der Waals surface area contributed by atoms with Crippen LogP contribution in [0.25, 0.3) is 11.0 Å². The third-order valence-electron chi connectivity index (χ3n) is 2.95. The van der Waals surface area contributed by atoms with Crippen molar-refractivity contribution in [3.05, 3.63) is 24.0 Å². The van der Waals surface area contributed by atoms with E-state index in [1.807, 2.05) is 12.1 Å². The molecule has 19 heavy (non-hydrogen) atoms. The first-order valence-corrected chi connectivity index (χ1v) is 7.37. The molecule has 1 heterocycles. The number of alkyl halides is 1. The maximum Gasteiger partial charge on any atom is 0.147 e. The minimum Gasteiger partial charge on any atom is -0.491 e. The molecule has 0 bridgehead atoms. The molecule has 2 rings (SSSR count).